The Labute approximate surface area is 257 Å². The Morgan fingerprint density at radius 2 is 1.81 bits per heavy atom. The molecule has 0 saturated carbocycles. The van der Waals surface area contributed by atoms with Gasteiger partial charge in [0, 0.05) is 28.0 Å². The summed E-state index contributed by atoms with van der Waals surface area (Å²) in [6.07, 6.45) is 3.97. The van der Waals surface area contributed by atoms with Gasteiger partial charge in [0.05, 0.1) is 46.8 Å². The van der Waals surface area contributed by atoms with E-state index < -0.39 is 11.9 Å². The number of anilines is 2. The minimum atomic E-state index is -0.612. The normalized spacial score (nSPS) is 12.2. The van der Waals surface area contributed by atoms with Crippen LogP contribution in [0.1, 0.15) is 47.3 Å². The van der Waals surface area contributed by atoms with E-state index in [4.69, 9.17) is 28.9 Å². The molecule has 2 heterocycles. The molecule has 10 nitrogen and oxygen atoms in total. The SMILES string of the molecule is N#CCC[C@@H](Nc1c(C#N)cnc2c(N[C@H](c3cn(CC(N)=O)nn3)c3ccccc3Cl)cc(Cl)cc12)c1ccccc1. The van der Waals surface area contributed by atoms with Crippen LogP contribution in [0.4, 0.5) is 11.4 Å². The highest BCUT2D eigenvalue weighted by Gasteiger charge is 2.24. The van der Waals surface area contributed by atoms with Crippen LogP contribution < -0.4 is 16.4 Å². The number of halogens is 2. The van der Waals surface area contributed by atoms with Gasteiger partial charge in [-0.05, 0) is 35.7 Å². The van der Waals surface area contributed by atoms with Crippen LogP contribution in [0.25, 0.3) is 10.9 Å². The number of nitrogens with one attached hydrogen (secondary N) is 2. The Morgan fingerprint density at radius 3 is 2.53 bits per heavy atom. The molecule has 0 aliphatic carbocycles. The smallest absolute Gasteiger partial charge is 0.239 e. The van der Waals surface area contributed by atoms with Crippen molar-refractivity contribution >= 4 is 51.4 Å². The molecule has 0 bridgehead atoms. The predicted octanol–water partition coefficient (Wildman–Crippen LogP) is 6.15. The number of pyridine rings is 1. The Morgan fingerprint density at radius 1 is 1.05 bits per heavy atom. The van der Waals surface area contributed by atoms with Crippen LogP contribution in [0.3, 0.4) is 0 Å². The lowest BCUT2D eigenvalue weighted by Gasteiger charge is -2.23. The molecule has 43 heavy (non-hydrogen) atoms. The Bertz CT molecular complexity index is 1860. The molecule has 3 aromatic carbocycles. The number of carbonyl (C=O) groups excluding carboxylic acids is 1. The molecule has 4 N–H and O–H groups in total. The molecule has 0 aliphatic heterocycles. The lowest BCUT2D eigenvalue weighted by Crippen LogP contribution is -2.19. The molecular formula is C31H25Cl2N9O. The number of hydrogen-bond acceptors (Lipinski definition) is 8. The summed E-state index contributed by atoms with van der Waals surface area (Å²) in [5.74, 6) is -0.555. The van der Waals surface area contributed by atoms with Gasteiger partial charge in [0.1, 0.15) is 18.3 Å². The van der Waals surface area contributed by atoms with Crippen molar-refractivity contribution in [1.29, 1.82) is 10.5 Å². The summed E-state index contributed by atoms with van der Waals surface area (Å²) in [5, 5.41) is 36.1. The van der Waals surface area contributed by atoms with E-state index in [0.717, 1.165) is 5.56 Å². The van der Waals surface area contributed by atoms with Gasteiger partial charge in [0.25, 0.3) is 0 Å². The third-order valence-corrected chi connectivity index (χ3v) is 7.37. The van der Waals surface area contributed by atoms with Crippen LogP contribution in [0, 0.1) is 22.7 Å². The van der Waals surface area contributed by atoms with Gasteiger partial charge in [-0.25, -0.2) is 4.68 Å². The van der Waals surface area contributed by atoms with Gasteiger partial charge in [-0.2, -0.15) is 10.5 Å². The van der Waals surface area contributed by atoms with Gasteiger partial charge >= 0.3 is 0 Å². The second kappa shape index (κ2) is 13.2. The number of hydrogen-bond donors (Lipinski definition) is 3. The molecule has 0 saturated heterocycles. The molecule has 1 amide bonds. The van der Waals surface area contributed by atoms with Gasteiger partial charge in [0.15, 0.2) is 0 Å². The van der Waals surface area contributed by atoms with E-state index in [1.165, 1.54) is 10.9 Å². The highest BCUT2D eigenvalue weighted by Crippen LogP contribution is 2.39. The van der Waals surface area contributed by atoms with Crippen molar-refractivity contribution in [2.24, 2.45) is 5.73 Å². The Hall–Kier alpha value is -5.16. The fourth-order valence-corrected chi connectivity index (χ4v) is 5.33. The number of rotatable bonds is 11. The number of nitrogens with zero attached hydrogens (tertiary/aromatic N) is 6. The summed E-state index contributed by atoms with van der Waals surface area (Å²) >= 11 is 13.3. The molecule has 12 heteroatoms. The first-order chi connectivity index (χ1) is 20.9. The standard InChI is InChI=1S/C31H25Cl2N9O/c32-21-13-23-29(38-25(11-6-12-34)19-7-2-1-3-8-19)20(15-35)16-37-30(23)26(14-21)39-31(22-9-4-5-10-24(22)33)27-17-42(41-40-27)18-28(36)43/h1-5,7-10,13-14,16-17,25,31,39H,6,11,18H2,(H2,36,43)(H,37,38)/t25-,31+/m1/s1. The predicted molar refractivity (Wildman–Crippen MR) is 165 cm³/mol. The Kier molecular flexibility index (Phi) is 9.02. The maximum Gasteiger partial charge on any atom is 0.239 e. The third kappa shape index (κ3) is 6.68. The van der Waals surface area contributed by atoms with Crippen molar-refractivity contribution in [2.75, 3.05) is 10.6 Å². The molecule has 5 aromatic rings. The summed E-state index contributed by atoms with van der Waals surface area (Å²) < 4.78 is 1.35. The van der Waals surface area contributed by atoms with Crippen molar-refractivity contribution in [3.63, 3.8) is 0 Å². The monoisotopic (exact) mass is 609 g/mol. The first kappa shape index (κ1) is 29.3. The molecule has 0 aliphatic rings. The van der Waals surface area contributed by atoms with Crippen LogP contribution >= 0.6 is 23.2 Å². The highest BCUT2D eigenvalue weighted by atomic mass is 35.5. The molecule has 0 radical (unpaired) electrons. The summed E-state index contributed by atoms with van der Waals surface area (Å²) in [4.78, 5) is 16.1. The lowest BCUT2D eigenvalue weighted by molar-refractivity contribution is -0.118. The van der Waals surface area contributed by atoms with Crippen molar-refractivity contribution in [3.8, 4) is 12.1 Å². The molecule has 0 unspecified atom stereocenters. The van der Waals surface area contributed by atoms with E-state index in [2.05, 4.69) is 38.1 Å². The molecule has 214 valence electrons. The van der Waals surface area contributed by atoms with Crippen molar-refractivity contribution < 1.29 is 4.79 Å². The van der Waals surface area contributed by atoms with Gasteiger partial charge < -0.3 is 16.4 Å². The zero-order chi connectivity index (χ0) is 30.3. The zero-order valence-corrected chi connectivity index (χ0v) is 24.2. The van der Waals surface area contributed by atoms with Gasteiger partial charge in [-0.3, -0.25) is 9.78 Å². The number of carbonyl (C=O) groups is 1. The van der Waals surface area contributed by atoms with E-state index in [1.54, 1.807) is 24.4 Å². The van der Waals surface area contributed by atoms with E-state index in [0.29, 0.717) is 62.0 Å². The van der Waals surface area contributed by atoms with Crippen molar-refractivity contribution in [2.45, 2.75) is 31.5 Å². The van der Waals surface area contributed by atoms with Crippen LogP contribution in [0.5, 0.6) is 0 Å². The third-order valence-electron chi connectivity index (χ3n) is 6.81. The van der Waals surface area contributed by atoms with Crippen LogP contribution in [-0.4, -0.2) is 25.9 Å². The van der Waals surface area contributed by atoms with E-state index in [1.807, 2.05) is 48.5 Å². The Balaban J connectivity index is 1.62. The molecule has 5 rings (SSSR count). The molecule has 0 fully saturated rings. The summed E-state index contributed by atoms with van der Waals surface area (Å²) in [6, 6.07) is 24.1. The number of fused-ring (bicyclic) bond motifs is 1. The van der Waals surface area contributed by atoms with E-state index in [-0.39, 0.29) is 12.6 Å². The maximum atomic E-state index is 11.5. The average molecular weight is 611 g/mol. The van der Waals surface area contributed by atoms with Gasteiger partial charge in [0.2, 0.25) is 5.91 Å². The summed E-state index contributed by atoms with van der Waals surface area (Å²) in [7, 11) is 0. The average Bonchev–Trinajstić information content (AvgIpc) is 3.46. The number of primary amides is 1. The lowest BCUT2D eigenvalue weighted by atomic mass is 10.00. The second-order valence-electron chi connectivity index (χ2n) is 9.72. The fourth-order valence-electron chi connectivity index (χ4n) is 4.87. The number of nitrogens with two attached hydrogens (primary N) is 1. The topological polar surface area (TPSA) is 158 Å². The number of amides is 1. The fraction of sp³-hybridized carbons (Fsp3) is 0.161. The van der Waals surface area contributed by atoms with Crippen molar-refractivity contribution in [1.82, 2.24) is 20.0 Å². The van der Waals surface area contributed by atoms with E-state index in [9.17, 15) is 15.3 Å². The molecule has 2 atom stereocenters. The maximum absolute atomic E-state index is 11.5. The van der Waals surface area contributed by atoms with E-state index >= 15 is 0 Å². The quantitative estimate of drug-likeness (QED) is 0.161. The van der Waals surface area contributed by atoms with Crippen LogP contribution in [0.15, 0.2) is 79.1 Å². The minimum Gasteiger partial charge on any atom is -0.377 e. The number of aromatic nitrogens is 4. The summed E-state index contributed by atoms with van der Waals surface area (Å²) in [6.45, 7) is -0.135. The van der Waals surface area contributed by atoms with Crippen molar-refractivity contribution in [3.05, 3.63) is 112 Å². The first-order valence-corrected chi connectivity index (χ1v) is 14.0. The minimum absolute atomic E-state index is 0.135. The molecular weight excluding hydrogens is 585 g/mol. The largest absolute Gasteiger partial charge is 0.377 e. The summed E-state index contributed by atoms with van der Waals surface area (Å²) in [5.41, 5.74) is 9.49. The van der Waals surface area contributed by atoms with Crippen LogP contribution in [0.2, 0.25) is 10.0 Å². The number of nitriles is 2. The van der Waals surface area contributed by atoms with Crippen LogP contribution in [-0.2, 0) is 11.3 Å². The zero-order valence-electron chi connectivity index (χ0n) is 22.7. The first-order valence-electron chi connectivity index (χ1n) is 13.3. The molecule has 0 spiro atoms. The number of benzene rings is 3. The van der Waals surface area contributed by atoms with Gasteiger partial charge in [-0.1, -0.05) is 76.9 Å². The highest BCUT2D eigenvalue weighted by molar-refractivity contribution is 6.32. The molecule has 2 aromatic heterocycles. The van der Waals surface area contributed by atoms with Gasteiger partial charge in [-0.15, -0.1) is 5.10 Å². The second-order valence-corrected chi connectivity index (χ2v) is 10.6.